The highest BCUT2D eigenvalue weighted by atomic mass is 32.2. The Balaban J connectivity index is 1.70. The van der Waals surface area contributed by atoms with Crippen LogP contribution in [0.25, 0.3) is 11.4 Å². The highest BCUT2D eigenvalue weighted by molar-refractivity contribution is 7.99. The molecule has 1 aromatic carbocycles. The van der Waals surface area contributed by atoms with Gasteiger partial charge in [0.2, 0.25) is 5.91 Å². The Bertz CT molecular complexity index is 754. The fourth-order valence-electron chi connectivity index (χ4n) is 3.12. The van der Waals surface area contributed by atoms with E-state index in [-0.39, 0.29) is 5.91 Å². The molecule has 0 aliphatic heterocycles. The lowest BCUT2D eigenvalue weighted by molar-refractivity contribution is -0.128. The van der Waals surface area contributed by atoms with Crippen molar-refractivity contribution in [3.63, 3.8) is 0 Å². The van der Waals surface area contributed by atoms with Gasteiger partial charge in [0.15, 0.2) is 11.0 Å². The van der Waals surface area contributed by atoms with Crippen LogP contribution in [-0.2, 0) is 11.3 Å². The first-order valence-corrected chi connectivity index (χ1v) is 10.5. The summed E-state index contributed by atoms with van der Waals surface area (Å²) in [5.74, 6) is 2.25. The minimum atomic E-state index is 0.215. The summed E-state index contributed by atoms with van der Waals surface area (Å²) in [6, 6.07) is 8.21. The zero-order chi connectivity index (χ0) is 18.5. The van der Waals surface area contributed by atoms with Crippen LogP contribution in [0.3, 0.4) is 0 Å². The van der Waals surface area contributed by atoms with E-state index in [4.69, 9.17) is 0 Å². The maximum atomic E-state index is 12.6. The van der Waals surface area contributed by atoms with E-state index in [9.17, 15) is 4.79 Å². The molecule has 140 valence electrons. The molecule has 3 rings (SSSR count). The summed E-state index contributed by atoms with van der Waals surface area (Å²) in [5, 5.41) is 9.58. The van der Waals surface area contributed by atoms with Crippen molar-refractivity contribution in [3.05, 3.63) is 29.8 Å². The minimum absolute atomic E-state index is 0.215. The Morgan fingerprint density at radius 1 is 1.27 bits per heavy atom. The minimum Gasteiger partial charge on any atom is -0.342 e. The Morgan fingerprint density at radius 3 is 2.69 bits per heavy atom. The number of rotatable bonds is 9. The molecule has 1 amide bonds. The fourth-order valence-corrected chi connectivity index (χ4v) is 4.03. The van der Waals surface area contributed by atoms with E-state index in [0.717, 1.165) is 48.5 Å². The van der Waals surface area contributed by atoms with Crippen molar-refractivity contribution in [2.24, 2.45) is 5.92 Å². The van der Waals surface area contributed by atoms with Gasteiger partial charge in [-0.3, -0.25) is 4.79 Å². The number of nitrogens with zero attached hydrogens (tertiary/aromatic N) is 4. The van der Waals surface area contributed by atoms with Gasteiger partial charge >= 0.3 is 0 Å². The zero-order valence-electron chi connectivity index (χ0n) is 15.9. The number of hydrogen-bond acceptors (Lipinski definition) is 4. The maximum Gasteiger partial charge on any atom is 0.233 e. The molecule has 0 atom stereocenters. The molecule has 1 fully saturated rings. The SMILES string of the molecule is CCCN(CC1CC1)C(=O)CSc1nnc(-c2ccccc2C)n1CC. The molecule has 0 unspecified atom stereocenters. The summed E-state index contributed by atoms with van der Waals surface area (Å²) in [6.07, 6.45) is 3.54. The summed E-state index contributed by atoms with van der Waals surface area (Å²) in [7, 11) is 0. The van der Waals surface area contributed by atoms with Crippen molar-refractivity contribution >= 4 is 17.7 Å². The number of hydrogen-bond donors (Lipinski definition) is 0. The van der Waals surface area contributed by atoms with Gasteiger partial charge < -0.3 is 9.47 Å². The van der Waals surface area contributed by atoms with Crippen LogP contribution in [0.4, 0.5) is 0 Å². The number of carbonyl (C=O) groups excluding carboxylic acids is 1. The van der Waals surface area contributed by atoms with E-state index in [2.05, 4.69) is 47.7 Å². The molecule has 0 saturated heterocycles. The zero-order valence-corrected chi connectivity index (χ0v) is 16.8. The smallest absolute Gasteiger partial charge is 0.233 e. The van der Waals surface area contributed by atoms with Crippen LogP contribution < -0.4 is 0 Å². The van der Waals surface area contributed by atoms with Crippen LogP contribution in [0.1, 0.15) is 38.7 Å². The quantitative estimate of drug-likeness (QED) is 0.624. The molecule has 5 nitrogen and oxygen atoms in total. The van der Waals surface area contributed by atoms with Crippen LogP contribution in [0.2, 0.25) is 0 Å². The summed E-state index contributed by atoms with van der Waals surface area (Å²) in [4.78, 5) is 14.7. The van der Waals surface area contributed by atoms with E-state index in [1.807, 2.05) is 17.0 Å². The lowest BCUT2D eigenvalue weighted by Gasteiger charge is -2.21. The van der Waals surface area contributed by atoms with Crippen molar-refractivity contribution in [2.45, 2.75) is 51.7 Å². The summed E-state index contributed by atoms with van der Waals surface area (Å²) < 4.78 is 2.10. The van der Waals surface area contributed by atoms with Crippen molar-refractivity contribution in [2.75, 3.05) is 18.8 Å². The van der Waals surface area contributed by atoms with Gasteiger partial charge in [0, 0.05) is 25.2 Å². The molecule has 0 radical (unpaired) electrons. The topological polar surface area (TPSA) is 51.0 Å². The van der Waals surface area contributed by atoms with E-state index < -0.39 is 0 Å². The number of thioether (sulfide) groups is 1. The normalized spacial score (nSPS) is 13.8. The standard InChI is InChI=1S/C20H28N4OS/c1-4-12-23(13-16-10-11-16)18(25)14-26-20-22-21-19(24(20)5-2)17-9-7-6-8-15(17)3/h6-9,16H,4-5,10-14H2,1-3H3. The van der Waals surface area contributed by atoms with Crippen LogP contribution >= 0.6 is 11.8 Å². The number of benzene rings is 1. The van der Waals surface area contributed by atoms with Gasteiger partial charge in [-0.2, -0.15) is 0 Å². The second-order valence-corrected chi connectivity index (χ2v) is 7.88. The van der Waals surface area contributed by atoms with Crippen LogP contribution in [-0.4, -0.2) is 44.4 Å². The molecule has 0 bridgehead atoms. The molecule has 1 aromatic heterocycles. The highest BCUT2D eigenvalue weighted by Gasteiger charge is 2.26. The second-order valence-electron chi connectivity index (χ2n) is 6.94. The van der Waals surface area contributed by atoms with Gasteiger partial charge in [0.25, 0.3) is 0 Å². The first-order chi connectivity index (χ1) is 12.6. The van der Waals surface area contributed by atoms with E-state index >= 15 is 0 Å². The first-order valence-electron chi connectivity index (χ1n) is 9.53. The third-order valence-electron chi connectivity index (χ3n) is 4.77. The van der Waals surface area contributed by atoms with Crippen molar-refractivity contribution in [1.82, 2.24) is 19.7 Å². The van der Waals surface area contributed by atoms with Gasteiger partial charge in [-0.1, -0.05) is 43.0 Å². The van der Waals surface area contributed by atoms with E-state index in [1.54, 1.807) is 0 Å². The molecular weight excluding hydrogens is 344 g/mol. The Kier molecular flexibility index (Phi) is 6.35. The Hall–Kier alpha value is -1.82. The van der Waals surface area contributed by atoms with Gasteiger partial charge in [-0.15, -0.1) is 10.2 Å². The molecular formula is C20H28N4OS. The molecule has 2 aromatic rings. The summed E-state index contributed by atoms with van der Waals surface area (Å²) in [5.41, 5.74) is 2.28. The molecule has 0 N–H and O–H groups in total. The van der Waals surface area contributed by atoms with Crippen molar-refractivity contribution in [1.29, 1.82) is 0 Å². The summed E-state index contributed by atoms with van der Waals surface area (Å²) in [6.45, 7) is 8.86. The molecule has 1 heterocycles. The van der Waals surface area contributed by atoms with E-state index in [0.29, 0.717) is 5.75 Å². The largest absolute Gasteiger partial charge is 0.342 e. The second kappa shape index (κ2) is 8.71. The summed E-state index contributed by atoms with van der Waals surface area (Å²) >= 11 is 1.50. The van der Waals surface area contributed by atoms with Crippen molar-refractivity contribution in [3.8, 4) is 11.4 Å². The Morgan fingerprint density at radius 2 is 2.04 bits per heavy atom. The average molecular weight is 373 g/mol. The Labute approximate surface area is 160 Å². The maximum absolute atomic E-state index is 12.6. The number of amides is 1. The average Bonchev–Trinajstić information content (AvgIpc) is 3.37. The number of aromatic nitrogens is 3. The van der Waals surface area contributed by atoms with Crippen LogP contribution in [0.15, 0.2) is 29.4 Å². The molecule has 1 saturated carbocycles. The highest BCUT2D eigenvalue weighted by Crippen LogP contribution is 2.30. The third-order valence-corrected chi connectivity index (χ3v) is 5.72. The van der Waals surface area contributed by atoms with Gasteiger partial charge in [0.1, 0.15) is 0 Å². The third kappa shape index (κ3) is 4.47. The van der Waals surface area contributed by atoms with Crippen LogP contribution in [0.5, 0.6) is 0 Å². The fraction of sp³-hybridized carbons (Fsp3) is 0.550. The van der Waals surface area contributed by atoms with Crippen LogP contribution in [0, 0.1) is 12.8 Å². The van der Waals surface area contributed by atoms with Gasteiger partial charge in [0.05, 0.1) is 5.75 Å². The van der Waals surface area contributed by atoms with Gasteiger partial charge in [-0.25, -0.2) is 0 Å². The van der Waals surface area contributed by atoms with E-state index in [1.165, 1.54) is 30.2 Å². The first kappa shape index (κ1) is 19.0. The number of carbonyl (C=O) groups is 1. The molecule has 6 heteroatoms. The number of aryl methyl sites for hydroxylation is 1. The lowest BCUT2D eigenvalue weighted by atomic mass is 10.1. The lowest BCUT2D eigenvalue weighted by Crippen LogP contribution is -2.35. The molecule has 1 aliphatic rings. The molecule has 26 heavy (non-hydrogen) atoms. The van der Waals surface area contributed by atoms with Crippen molar-refractivity contribution < 1.29 is 4.79 Å². The molecule has 0 spiro atoms. The van der Waals surface area contributed by atoms with Gasteiger partial charge in [-0.05, 0) is 44.6 Å². The predicted octanol–water partition coefficient (Wildman–Crippen LogP) is 4.01. The predicted molar refractivity (Wildman–Crippen MR) is 106 cm³/mol. The monoisotopic (exact) mass is 372 g/mol. The molecule has 1 aliphatic carbocycles.